The van der Waals surface area contributed by atoms with Crippen LogP contribution in [0.15, 0.2) is 48.7 Å². The molecule has 0 saturated carbocycles. The average molecular weight is 486 g/mol. The highest BCUT2D eigenvalue weighted by atomic mass is 19.4. The van der Waals surface area contributed by atoms with Gasteiger partial charge in [0, 0.05) is 44.0 Å². The fourth-order valence-corrected chi connectivity index (χ4v) is 4.26. The van der Waals surface area contributed by atoms with Crippen LogP contribution in [0.4, 0.5) is 30.8 Å². The van der Waals surface area contributed by atoms with E-state index in [2.05, 4.69) is 9.97 Å². The minimum atomic E-state index is -4.62. The van der Waals surface area contributed by atoms with Gasteiger partial charge in [-0.15, -0.1) is 0 Å². The maximum absolute atomic E-state index is 13.9. The van der Waals surface area contributed by atoms with E-state index in [1.165, 1.54) is 0 Å². The van der Waals surface area contributed by atoms with Gasteiger partial charge in [-0.2, -0.15) is 18.2 Å². The Morgan fingerprint density at radius 1 is 0.943 bits per heavy atom. The molecule has 2 saturated heterocycles. The molecule has 1 unspecified atom stereocenters. The molecule has 1 aromatic carbocycles. The van der Waals surface area contributed by atoms with Crippen LogP contribution in [0.25, 0.3) is 11.3 Å². The number of hydrogen-bond acceptors (Lipinski definition) is 8. The van der Waals surface area contributed by atoms with E-state index in [1.54, 1.807) is 6.07 Å². The van der Waals surface area contributed by atoms with Crippen LogP contribution in [0.2, 0.25) is 0 Å². The molecule has 35 heavy (non-hydrogen) atoms. The number of ether oxygens (including phenoxy) is 2. The third kappa shape index (κ3) is 5.15. The Kier molecular flexibility index (Phi) is 6.44. The van der Waals surface area contributed by atoms with Gasteiger partial charge >= 0.3 is 6.18 Å². The van der Waals surface area contributed by atoms with E-state index in [4.69, 9.17) is 20.2 Å². The lowest BCUT2D eigenvalue weighted by Gasteiger charge is -2.35. The first-order chi connectivity index (χ1) is 16.9. The number of nitrogen functional groups attached to an aromatic ring is 1. The highest BCUT2D eigenvalue weighted by molar-refractivity contribution is 5.69. The molecule has 2 aromatic heterocycles. The Balaban J connectivity index is 1.56. The number of pyridine rings is 1. The fraction of sp³-hybridized carbons (Fsp3) is 0.375. The summed E-state index contributed by atoms with van der Waals surface area (Å²) in [6.07, 6.45) is -3.67. The zero-order valence-corrected chi connectivity index (χ0v) is 18.9. The topological polar surface area (TPSA) is 89.6 Å². The molecule has 4 heterocycles. The smallest absolute Gasteiger partial charge is 0.384 e. The lowest BCUT2D eigenvalue weighted by Crippen LogP contribution is -2.40. The number of rotatable bonds is 4. The third-order valence-electron chi connectivity index (χ3n) is 6.06. The Morgan fingerprint density at radius 3 is 2.43 bits per heavy atom. The zero-order valence-electron chi connectivity index (χ0n) is 18.9. The summed E-state index contributed by atoms with van der Waals surface area (Å²) < 4.78 is 53.0. The molecule has 0 radical (unpaired) electrons. The van der Waals surface area contributed by atoms with Crippen molar-refractivity contribution in [2.75, 3.05) is 61.5 Å². The number of halogens is 3. The molecule has 2 aliphatic heterocycles. The number of aromatic nitrogens is 3. The second-order valence-electron chi connectivity index (χ2n) is 8.38. The van der Waals surface area contributed by atoms with Crippen molar-refractivity contribution in [3.8, 4) is 11.3 Å². The van der Waals surface area contributed by atoms with Crippen LogP contribution >= 0.6 is 0 Å². The first kappa shape index (κ1) is 23.3. The van der Waals surface area contributed by atoms with E-state index in [9.17, 15) is 13.2 Å². The molecule has 0 amide bonds. The summed E-state index contributed by atoms with van der Waals surface area (Å²) in [5, 5.41) is 0. The van der Waals surface area contributed by atoms with Gasteiger partial charge < -0.3 is 25.0 Å². The highest BCUT2D eigenvalue weighted by Crippen LogP contribution is 2.38. The van der Waals surface area contributed by atoms with Crippen LogP contribution in [0.1, 0.15) is 17.2 Å². The molecule has 2 N–H and O–H groups in total. The highest BCUT2D eigenvalue weighted by Gasteiger charge is 2.35. The monoisotopic (exact) mass is 486 g/mol. The summed E-state index contributed by atoms with van der Waals surface area (Å²) in [6.45, 7) is 3.60. The number of morpholine rings is 2. The minimum absolute atomic E-state index is 0.138. The van der Waals surface area contributed by atoms with Crippen molar-refractivity contribution in [3.63, 3.8) is 0 Å². The van der Waals surface area contributed by atoms with E-state index in [0.717, 1.165) is 17.8 Å². The molecule has 0 spiro atoms. The molecule has 2 aliphatic rings. The average Bonchev–Trinajstić information content (AvgIpc) is 2.89. The van der Waals surface area contributed by atoms with Gasteiger partial charge in [-0.05, 0) is 11.6 Å². The second kappa shape index (κ2) is 9.67. The molecule has 5 rings (SSSR count). The number of anilines is 3. The number of alkyl halides is 3. The van der Waals surface area contributed by atoms with Gasteiger partial charge in [0.25, 0.3) is 0 Å². The van der Waals surface area contributed by atoms with Gasteiger partial charge in [0.15, 0.2) is 0 Å². The molecule has 0 aliphatic carbocycles. The first-order valence-corrected chi connectivity index (χ1v) is 11.3. The van der Waals surface area contributed by atoms with Crippen molar-refractivity contribution in [1.82, 2.24) is 15.0 Å². The summed E-state index contributed by atoms with van der Waals surface area (Å²) >= 11 is 0. The van der Waals surface area contributed by atoms with Crippen LogP contribution in [-0.2, 0) is 15.7 Å². The van der Waals surface area contributed by atoms with Crippen LogP contribution in [-0.4, -0.2) is 61.0 Å². The van der Waals surface area contributed by atoms with Crippen molar-refractivity contribution in [2.24, 2.45) is 0 Å². The summed E-state index contributed by atoms with van der Waals surface area (Å²) in [5.74, 6) is 0.682. The van der Waals surface area contributed by atoms with Crippen molar-refractivity contribution in [1.29, 1.82) is 0 Å². The molecule has 11 heteroatoms. The number of hydrogen-bond donors (Lipinski definition) is 1. The predicted octanol–water partition coefficient (Wildman–Crippen LogP) is 3.55. The van der Waals surface area contributed by atoms with Crippen LogP contribution in [0.5, 0.6) is 0 Å². The standard InChI is InChI=1S/C24H25F3N6O2/c25-24(26,27)18-12-21(28)29-14-17(18)19-13-22(31-23(30-19)32-6-9-34-10-7-32)33-8-11-35-20(15-33)16-4-2-1-3-5-16/h1-5,12-14,20H,6-11,15H2,(H2,28,29). The Bertz CT molecular complexity index is 1170. The van der Waals surface area contributed by atoms with Crippen molar-refractivity contribution < 1.29 is 22.6 Å². The molecular formula is C24H25F3N6O2. The quantitative estimate of drug-likeness (QED) is 0.599. The predicted molar refractivity (Wildman–Crippen MR) is 125 cm³/mol. The van der Waals surface area contributed by atoms with Gasteiger partial charge in [0.2, 0.25) is 5.95 Å². The fourth-order valence-electron chi connectivity index (χ4n) is 4.26. The van der Waals surface area contributed by atoms with Gasteiger partial charge in [0.05, 0.1) is 31.1 Å². The summed E-state index contributed by atoms with van der Waals surface area (Å²) in [5.41, 5.74) is 5.72. The number of nitrogens with zero attached hydrogens (tertiary/aromatic N) is 5. The van der Waals surface area contributed by atoms with Crippen LogP contribution < -0.4 is 15.5 Å². The van der Waals surface area contributed by atoms with E-state index in [-0.39, 0.29) is 23.2 Å². The summed E-state index contributed by atoms with van der Waals surface area (Å²) in [6, 6.07) is 12.2. The molecule has 1 atom stereocenters. The van der Waals surface area contributed by atoms with Gasteiger partial charge in [-0.25, -0.2) is 9.97 Å². The summed E-state index contributed by atoms with van der Waals surface area (Å²) in [7, 11) is 0. The molecule has 2 fully saturated rings. The van der Waals surface area contributed by atoms with E-state index < -0.39 is 11.7 Å². The largest absolute Gasteiger partial charge is 0.417 e. The van der Waals surface area contributed by atoms with E-state index >= 15 is 0 Å². The Hall–Kier alpha value is -3.44. The van der Waals surface area contributed by atoms with Gasteiger partial charge in [-0.1, -0.05) is 30.3 Å². The maximum Gasteiger partial charge on any atom is 0.417 e. The SMILES string of the molecule is Nc1cc(C(F)(F)F)c(-c2cc(N3CCOC(c4ccccc4)C3)nc(N3CCOCC3)n2)cn1. The maximum atomic E-state index is 13.9. The first-order valence-electron chi connectivity index (χ1n) is 11.3. The summed E-state index contributed by atoms with van der Waals surface area (Å²) in [4.78, 5) is 17.1. The third-order valence-corrected chi connectivity index (χ3v) is 6.06. The Labute approximate surface area is 200 Å². The molecule has 8 nitrogen and oxygen atoms in total. The number of benzene rings is 1. The van der Waals surface area contributed by atoms with Gasteiger partial charge in [-0.3, -0.25) is 0 Å². The zero-order chi connectivity index (χ0) is 24.4. The normalized spacial score (nSPS) is 19.1. The lowest BCUT2D eigenvalue weighted by atomic mass is 10.1. The van der Waals surface area contributed by atoms with Gasteiger partial charge in [0.1, 0.15) is 17.7 Å². The van der Waals surface area contributed by atoms with E-state index in [0.29, 0.717) is 57.8 Å². The number of nitrogens with two attached hydrogens (primary N) is 1. The lowest BCUT2D eigenvalue weighted by molar-refractivity contribution is -0.137. The Morgan fingerprint density at radius 2 is 1.69 bits per heavy atom. The second-order valence-corrected chi connectivity index (χ2v) is 8.38. The molecular weight excluding hydrogens is 461 g/mol. The molecule has 3 aromatic rings. The van der Waals surface area contributed by atoms with Crippen LogP contribution in [0, 0.1) is 0 Å². The minimum Gasteiger partial charge on any atom is -0.384 e. The van der Waals surface area contributed by atoms with Crippen molar-refractivity contribution in [3.05, 3.63) is 59.8 Å². The van der Waals surface area contributed by atoms with Crippen molar-refractivity contribution >= 4 is 17.6 Å². The molecule has 0 bridgehead atoms. The molecule has 184 valence electrons. The van der Waals surface area contributed by atoms with E-state index in [1.807, 2.05) is 40.1 Å². The van der Waals surface area contributed by atoms with Crippen LogP contribution in [0.3, 0.4) is 0 Å². The van der Waals surface area contributed by atoms with Crippen molar-refractivity contribution in [2.45, 2.75) is 12.3 Å².